The fourth-order valence-corrected chi connectivity index (χ4v) is 1.01. The first kappa shape index (κ1) is 12.7. The van der Waals surface area contributed by atoms with E-state index < -0.39 is 12.0 Å². The fraction of sp³-hybridized carbons (Fsp3) is 0.364. The third-order valence-electron chi connectivity index (χ3n) is 1.62. The third-order valence-corrected chi connectivity index (χ3v) is 1.62. The molecule has 3 N–H and O–H groups in total. The molecule has 0 aliphatic rings. The van der Waals surface area contributed by atoms with Gasteiger partial charge < -0.3 is 10.8 Å². The smallest absolute Gasteiger partial charge is 0.305 e. The van der Waals surface area contributed by atoms with Crippen LogP contribution in [0.2, 0.25) is 0 Å². The zero-order valence-electron chi connectivity index (χ0n) is 8.60. The number of nitrogens with two attached hydrogens (primary N) is 1. The second-order valence-electron chi connectivity index (χ2n) is 2.62. The van der Waals surface area contributed by atoms with Gasteiger partial charge in [0, 0.05) is 6.04 Å². The summed E-state index contributed by atoms with van der Waals surface area (Å²) in [5, 5.41) is 8.47. The van der Waals surface area contributed by atoms with E-state index in [1.165, 1.54) is 0 Å². The molecule has 0 aliphatic carbocycles. The van der Waals surface area contributed by atoms with Crippen LogP contribution in [0.1, 0.15) is 31.9 Å². The molecule has 1 unspecified atom stereocenters. The molecule has 0 fully saturated rings. The van der Waals surface area contributed by atoms with E-state index in [-0.39, 0.29) is 6.42 Å². The van der Waals surface area contributed by atoms with E-state index in [2.05, 4.69) is 0 Å². The molecule has 14 heavy (non-hydrogen) atoms. The lowest BCUT2D eigenvalue weighted by Crippen LogP contribution is -2.14. The molecule has 3 nitrogen and oxygen atoms in total. The minimum atomic E-state index is -0.869. The molecule has 0 radical (unpaired) electrons. The Hall–Kier alpha value is -1.35. The predicted octanol–water partition coefficient (Wildman–Crippen LogP) is 2.19. The summed E-state index contributed by atoms with van der Waals surface area (Å²) in [5.41, 5.74) is 6.48. The van der Waals surface area contributed by atoms with Crippen molar-refractivity contribution < 1.29 is 9.90 Å². The fourth-order valence-electron chi connectivity index (χ4n) is 1.01. The van der Waals surface area contributed by atoms with Gasteiger partial charge in [0.05, 0.1) is 6.42 Å². The Morgan fingerprint density at radius 3 is 2.29 bits per heavy atom. The molecule has 0 bridgehead atoms. The molecule has 0 aromatic heterocycles. The average molecular weight is 195 g/mol. The maximum absolute atomic E-state index is 10.3. The van der Waals surface area contributed by atoms with Gasteiger partial charge in [-0.15, -0.1) is 0 Å². The van der Waals surface area contributed by atoms with E-state index in [1.54, 1.807) is 0 Å². The molecule has 0 heterocycles. The van der Waals surface area contributed by atoms with Crippen molar-refractivity contribution >= 4 is 5.97 Å². The maximum Gasteiger partial charge on any atom is 0.305 e. The number of rotatable bonds is 3. The summed E-state index contributed by atoms with van der Waals surface area (Å²) in [4.78, 5) is 10.3. The van der Waals surface area contributed by atoms with Crippen molar-refractivity contribution in [1.82, 2.24) is 0 Å². The Balaban J connectivity index is 0.000000791. The Labute approximate surface area is 84.6 Å². The number of carboxylic acid groups (broad SMARTS) is 1. The van der Waals surface area contributed by atoms with Gasteiger partial charge in [-0.3, -0.25) is 4.79 Å². The molecule has 0 aliphatic heterocycles. The Morgan fingerprint density at radius 2 is 1.86 bits per heavy atom. The van der Waals surface area contributed by atoms with Crippen molar-refractivity contribution in [2.24, 2.45) is 5.73 Å². The number of carboxylic acids is 1. The molecule has 1 atom stereocenters. The first-order valence-electron chi connectivity index (χ1n) is 4.72. The predicted molar refractivity (Wildman–Crippen MR) is 57.0 cm³/mol. The Kier molecular flexibility index (Phi) is 6.41. The highest BCUT2D eigenvalue weighted by Gasteiger charge is 2.08. The maximum atomic E-state index is 10.3. The second kappa shape index (κ2) is 7.09. The summed E-state index contributed by atoms with van der Waals surface area (Å²) in [6.07, 6.45) is -0.0238. The molecular formula is C11H17NO2. The van der Waals surface area contributed by atoms with Gasteiger partial charge in [0.1, 0.15) is 0 Å². The lowest BCUT2D eigenvalue weighted by Gasteiger charge is -2.07. The van der Waals surface area contributed by atoms with Gasteiger partial charge >= 0.3 is 5.97 Å². The van der Waals surface area contributed by atoms with Gasteiger partial charge in [0.25, 0.3) is 0 Å². The van der Waals surface area contributed by atoms with Crippen LogP contribution in [-0.2, 0) is 4.79 Å². The largest absolute Gasteiger partial charge is 0.481 e. The van der Waals surface area contributed by atoms with E-state index in [0.717, 1.165) is 5.56 Å². The highest BCUT2D eigenvalue weighted by molar-refractivity contribution is 5.67. The summed E-state index contributed by atoms with van der Waals surface area (Å²) in [5.74, 6) is -0.869. The van der Waals surface area contributed by atoms with Crippen LogP contribution in [0.15, 0.2) is 30.3 Å². The van der Waals surface area contributed by atoms with Crippen molar-refractivity contribution in [1.29, 1.82) is 0 Å². The minimum Gasteiger partial charge on any atom is -0.481 e. The van der Waals surface area contributed by atoms with Crippen LogP contribution in [0.25, 0.3) is 0 Å². The van der Waals surface area contributed by atoms with Gasteiger partial charge in [0.15, 0.2) is 0 Å². The van der Waals surface area contributed by atoms with E-state index in [4.69, 9.17) is 10.8 Å². The van der Waals surface area contributed by atoms with Crippen LogP contribution in [0.3, 0.4) is 0 Å². The number of aliphatic carboxylic acids is 1. The Bertz CT molecular complexity index is 259. The quantitative estimate of drug-likeness (QED) is 0.777. The minimum absolute atomic E-state index is 0.0238. The first-order valence-corrected chi connectivity index (χ1v) is 4.72. The standard InChI is InChI=1S/C9H11NO2.C2H6/c10-8(6-9(11)12)7-4-2-1-3-5-7;1-2/h1-5,8H,6,10H2,(H,11,12);1-2H3. The van der Waals surface area contributed by atoms with Gasteiger partial charge in [0.2, 0.25) is 0 Å². The van der Waals surface area contributed by atoms with Crippen LogP contribution in [0.5, 0.6) is 0 Å². The van der Waals surface area contributed by atoms with E-state index in [1.807, 2.05) is 44.2 Å². The highest BCUT2D eigenvalue weighted by Crippen LogP contribution is 2.12. The van der Waals surface area contributed by atoms with E-state index >= 15 is 0 Å². The van der Waals surface area contributed by atoms with Crippen LogP contribution in [-0.4, -0.2) is 11.1 Å². The molecule has 1 aromatic carbocycles. The summed E-state index contributed by atoms with van der Waals surface area (Å²) in [7, 11) is 0. The molecule has 1 aromatic rings. The van der Waals surface area contributed by atoms with Crippen molar-refractivity contribution in [3.63, 3.8) is 0 Å². The van der Waals surface area contributed by atoms with Crippen molar-refractivity contribution in [3.8, 4) is 0 Å². The number of carbonyl (C=O) groups is 1. The second-order valence-corrected chi connectivity index (χ2v) is 2.62. The zero-order valence-corrected chi connectivity index (χ0v) is 8.60. The summed E-state index contributed by atoms with van der Waals surface area (Å²) in [6.45, 7) is 4.00. The third kappa shape index (κ3) is 4.62. The van der Waals surface area contributed by atoms with E-state index in [0.29, 0.717) is 0 Å². The molecule has 1 rings (SSSR count). The molecule has 0 spiro atoms. The lowest BCUT2D eigenvalue weighted by molar-refractivity contribution is -0.137. The normalized spacial score (nSPS) is 11.1. The number of benzene rings is 1. The monoisotopic (exact) mass is 195 g/mol. The van der Waals surface area contributed by atoms with Crippen LogP contribution < -0.4 is 5.73 Å². The van der Waals surface area contributed by atoms with Gasteiger partial charge in [-0.25, -0.2) is 0 Å². The number of hydrogen-bond acceptors (Lipinski definition) is 2. The summed E-state index contributed by atoms with van der Waals surface area (Å²) >= 11 is 0. The van der Waals surface area contributed by atoms with Crippen molar-refractivity contribution in [3.05, 3.63) is 35.9 Å². The average Bonchev–Trinajstić information content (AvgIpc) is 2.21. The Morgan fingerprint density at radius 1 is 1.36 bits per heavy atom. The number of hydrogen-bond donors (Lipinski definition) is 2. The van der Waals surface area contributed by atoms with Crippen LogP contribution in [0.4, 0.5) is 0 Å². The zero-order chi connectivity index (χ0) is 11.0. The van der Waals surface area contributed by atoms with Gasteiger partial charge in [-0.05, 0) is 5.56 Å². The SMILES string of the molecule is CC.NC(CC(=O)O)c1ccccc1. The van der Waals surface area contributed by atoms with Gasteiger partial charge in [-0.2, -0.15) is 0 Å². The molecule has 0 saturated carbocycles. The topological polar surface area (TPSA) is 63.3 Å². The van der Waals surface area contributed by atoms with Crippen LogP contribution >= 0.6 is 0 Å². The molecule has 78 valence electrons. The highest BCUT2D eigenvalue weighted by atomic mass is 16.4. The van der Waals surface area contributed by atoms with Crippen LogP contribution in [0, 0.1) is 0 Å². The van der Waals surface area contributed by atoms with E-state index in [9.17, 15) is 4.79 Å². The summed E-state index contributed by atoms with van der Waals surface area (Å²) in [6, 6.07) is 8.82. The molecule has 3 heteroatoms. The molecular weight excluding hydrogens is 178 g/mol. The molecule has 0 saturated heterocycles. The van der Waals surface area contributed by atoms with Crippen molar-refractivity contribution in [2.75, 3.05) is 0 Å². The first-order chi connectivity index (χ1) is 6.70. The lowest BCUT2D eigenvalue weighted by atomic mass is 10.1. The van der Waals surface area contributed by atoms with Gasteiger partial charge in [-0.1, -0.05) is 44.2 Å². The van der Waals surface area contributed by atoms with Crippen molar-refractivity contribution in [2.45, 2.75) is 26.3 Å². The summed E-state index contributed by atoms with van der Waals surface area (Å²) < 4.78 is 0. The molecule has 0 amide bonds.